The summed E-state index contributed by atoms with van der Waals surface area (Å²) in [6, 6.07) is 14.0. The van der Waals surface area contributed by atoms with E-state index in [9.17, 15) is 10.2 Å². The van der Waals surface area contributed by atoms with E-state index in [1.807, 2.05) is 36.4 Å². The van der Waals surface area contributed by atoms with Gasteiger partial charge < -0.3 is 24.4 Å². The van der Waals surface area contributed by atoms with Gasteiger partial charge in [0.1, 0.15) is 36.9 Å². The molecule has 0 amide bonds. The number of benzene rings is 2. The van der Waals surface area contributed by atoms with Gasteiger partial charge in [-0.25, -0.2) is 0 Å². The van der Waals surface area contributed by atoms with E-state index in [-0.39, 0.29) is 31.1 Å². The molecule has 0 radical (unpaired) electrons. The standard InChI is InChI=1S/C24H31ClI2O5/c1-24(2,18-6-9-23(22(27)12-18)32-15-19(28)13-25)17-4-7-21(8-5-17)31-16-20(29)14-30-11-3-10-26/h4-9,12,19-20,28-29H,3,10-11,13-16H2,1-2H3. The van der Waals surface area contributed by atoms with Gasteiger partial charge in [0.15, 0.2) is 0 Å². The summed E-state index contributed by atoms with van der Waals surface area (Å²) in [6.45, 7) is 5.65. The lowest BCUT2D eigenvalue weighted by Crippen LogP contribution is -2.24. The molecule has 178 valence electrons. The van der Waals surface area contributed by atoms with Crippen LogP contribution in [0.2, 0.25) is 0 Å². The second kappa shape index (κ2) is 14.2. The number of ether oxygens (including phenoxy) is 3. The third-order valence-corrected chi connectivity index (χ3v) is 6.98. The number of alkyl halides is 2. The van der Waals surface area contributed by atoms with E-state index in [4.69, 9.17) is 25.8 Å². The molecule has 0 fully saturated rings. The highest BCUT2D eigenvalue weighted by molar-refractivity contribution is 14.1. The van der Waals surface area contributed by atoms with Crippen molar-refractivity contribution < 1.29 is 24.4 Å². The maximum atomic E-state index is 9.99. The first-order chi connectivity index (χ1) is 15.3. The average molecular weight is 689 g/mol. The Balaban J connectivity index is 1.96. The van der Waals surface area contributed by atoms with Crippen LogP contribution in [0.1, 0.15) is 31.4 Å². The Bertz CT molecular complexity index is 817. The summed E-state index contributed by atoms with van der Waals surface area (Å²) in [5.74, 6) is 1.59. The maximum Gasteiger partial charge on any atom is 0.132 e. The van der Waals surface area contributed by atoms with Crippen molar-refractivity contribution in [2.24, 2.45) is 0 Å². The topological polar surface area (TPSA) is 68.2 Å². The first-order valence-electron chi connectivity index (χ1n) is 10.5. The molecule has 5 nitrogen and oxygen atoms in total. The molecule has 2 unspecified atom stereocenters. The smallest absolute Gasteiger partial charge is 0.132 e. The van der Waals surface area contributed by atoms with Gasteiger partial charge in [-0.15, -0.1) is 11.6 Å². The third kappa shape index (κ3) is 8.79. The zero-order chi connectivity index (χ0) is 23.6. The molecule has 0 heterocycles. The lowest BCUT2D eigenvalue weighted by molar-refractivity contribution is 0.0127. The second-order valence-corrected chi connectivity index (χ2v) is 10.5. The molecule has 0 aromatic heterocycles. The van der Waals surface area contributed by atoms with Crippen LogP contribution >= 0.6 is 56.8 Å². The Morgan fingerprint density at radius 3 is 2.22 bits per heavy atom. The summed E-state index contributed by atoms with van der Waals surface area (Å²) in [5, 5.41) is 19.6. The number of rotatable bonds is 14. The molecular formula is C24H31ClI2O5. The predicted molar refractivity (Wildman–Crippen MR) is 146 cm³/mol. The SMILES string of the molecule is CC(C)(c1ccc(OCC(O)COCCCI)cc1)c1ccc(OCC(O)CCl)c(I)c1. The Hall–Kier alpha value is -0.330. The second-order valence-electron chi connectivity index (χ2n) is 8.00. The highest BCUT2D eigenvalue weighted by Crippen LogP contribution is 2.35. The Morgan fingerprint density at radius 1 is 0.938 bits per heavy atom. The van der Waals surface area contributed by atoms with Crippen LogP contribution < -0.4 is 9.47 Å². The zero-order valence-corrected chi connectivity index (χ0v) is 23.5. The largest absolute Gasteiger partial charge is 0.491 e. The van der Waals surface area contributed by atoms with Crippen LogP contribution in [0.3, 0.4) is 0 Å². The van der Waals surface area contributed by atoms with Gasteiger partial charge in [-0.05, 0) is 64.4 Å². The molecule has 2 atom stereocenters. The van der Waals surface area contributed by atoms with Crippen LogP contribution in [0.15, 0.2) is 42.5 Å². The summed E-state index contributed by atoms with van der Waals surface area (Å²) < 4.78 is 18.8. The van der Waals surface area contributed by atoms with Crippen LogP contribution in [0.4, 0.5) is 0 Å². The van der Waals surface area contributed by atoms with Gasteiger partial charge in [0.05, 0.1) is 16.1 Å². The van der Waals surface area contributed by atoms with Crippen LogP contribution in [0.5, 0.6) is 11.5 Å². The van der Waals surface area contributed by atoms with Gasteiger partial charge >= 0.3 is 0 Å². The average Bonchev–Trinajstić information content (AvgIpc) is 2.79. The molecule has 8 heteroatoms. The van der Waals surface area contributed by atoms with E-state index in [0.29, 0.717) is 12.4 Å². The Labute approximate surface area is 223 Å². The van der Waals surface area contributed by atoms with E-state index in [1.54, 1.807) is 0 Å². The summed E-state index contributed by atoms with van der Waals surface area (Å²) in [6.07, 6.45) is -0.343. The first-order valence-corrected chi connectivity index (χ1v) is 13.6. The van der Waals surface area contributed by atoms with E-state index >= 15 is 0 Å². The number of aliphatic hydroxyl groups is 2. The van der Waals surface area contributed by atoms with Crippen LogP contribution in [0.25, 0.3) is 0 Å². The highest BCUT2D eigenvalue weighted by atomic mass is 127. The molecule has 0 bridgehead atoms. The van der Waals surface area contributed by atoms with E-state index in [0.717, 1.165) is 31.3 Å². The monoisotopic (exact) mass is 688 g/mol. The minimum absolute atomic E-state index is 0.146. The van der Waals surface area contributed by atoms with Gasteiger partial charge in [-0.2, -0.15) is 0 Å². The first kappa shape index (κ1) is 27.9. The molecule has 32 heavy (non-hydrogen) atoms. The van der Waals surface area contributed by atoms with Crippen LogP contribution in [0, 0.1) is 3.57 Å². The lowest BCUT2D eigenvalue weighted by atomic mass is 9.78. The Kier molecular flexibility index (Phi) is 12.3. The predicted octanol–water partition coefficient (Wildman–Crippen LogP) is 5.18. The van der Waals surface area contributed by atoms with E-state index < -0.39 is 12.2 Å². The molecule has 0 saturated heterocycles. The van der Waals surface area contributed by atoms with E-state index in [1.165, 1.54) is 0 Å². The van der Waals surface area contributed by atoms with Crippen molar-refractivity contribution in [3.8, 4) is 11.5 Å². The number of hydrogen-bond acceptors (Lipinski definition) is 5. The highest BCUT2D eigenvalue weighted by Gasteiger charge is 2.24. The molecule has 0 aliphatic heterocycles. The van der Waals surface area contributed by atoms with Crippen molar-refractivity contribution >= 4 is 56.8 Å². The van der Waals surface area contributed by atoms with Gasteiger partial charge in [0.2, 0.25) is 0 Å². The molecule has 2 rings (SSSR count). The molecular weight excluding hydrogens is 658 g/mol. The summed E-state index contributed by atoms with van der Waals surface area (Å²) in [5.41, 5.74) is 2.08. The van der Waals surface area contributed by atoms with Gasteiger partial charge in [0.25, 0.3) is 0 Å². The molecule has 0 spiro atoms. The van der Waals surface area contributed by atoms with Crippen molar-refractivity contribution in [1.29, 1.82) is 0 Å². The summed E-state index contributed by atoms with van der Waals surface area (Å²) in [4.78, 5) is 0. The normalized spacial score (nSPS) is 13.6. The summed E-state index contributed by atoms with van der Waals surface area (Å²) >= 11 is 10.2. The summed E-state index contributed by atoms with van der Waals surface area (Å²) in [7, 11) is 0. The van der Waals surface area contributed by atoms with Crippen LogP contribution in [-0.2, 0) is 10.2 Å². The third-order valence-electron chi connectivity index (χ3n) is 5.01. The number of aliphatic hydroxyl groups excluding tert-OH is 2. The van der Waals surface area contributed by atoms with Crippen LogP contribution in [-0.4, -0.2) is 59.2 Å². The van der Waals surface area contributed by atoms with Crippen molar-refractivity contribution in [3.63, 3.8) is 0 Å². The molecule has 2 N–H and O–H groups in total. The zero-order valence-electron chi connectivity index (χ0n) is 18.4. The number of halogens is 3. The van der Waals surface area contributed by atoms with Crippen molar-refractivity contribution in [2.75, 3.05) is 36.7 Å². The fourth-order valence-electron chi connectivity index (χ4n) is 2.99. The maximum absolute atomic E-state index is 9.99. The molecule has 0 aliphatic carbocycles. The lowest BCUT2D eigenvalue weighted by Gasteiger charge is -2.27. The number of hydrogen-bond donors (Lipinski definition) is 2. The fourth-order valence-corrected chi connectivity index (χ4v) is 4.06. The quantitative estimate of drug-likeness (QED) is 0.163. The van der Waals surface area contributed by atoms with Crippen molar-refractivity contribution in [1.82, 2.24) is 0 Å². The molecule has 0 aliphatic rings. The van der Waals surface area contributed by atoms with Crippen molar-refractivity contribution in [2.45, 2.75) is 37.9 Å². The van der Waals surface area contributed by atoms with Gasteiger partial charge in [-0.1, -0.05) is 54.6 Å². The van der Waals surface area contributed by atoms with Crippen molar-refractivity contribution in [3.05, 3.63) is 57.2 Å². The van der Waals surface area contributed by atoms with E-state index in [2.05, 4.69) is 65.1 Å². The molecule has 2 aromatic carbocycles. The molecule has 0 saturated carbocycles. The minimum atomic E-state index is -0.682. The van der Waals surface area contributed by atoms with Gasteiger partial charge in [0, 0.05) is 16.4 Å². The fraction of sp³-hybridized carbons (Fsp3) is 0.500. The minimum Gasteiger partial charge on any atom is -0.491 e. The van der Waals surface area contributed by atoms with Gasteiger partial charge in [-0.3, -0.25) is 0 Å². The Morgan fingerprint density at radius 2 is 1.59 bits per heavy atom. The molecule has 2 aromatic rings.